The zero-order valence-corrected chi connectivity index (χ0v) is 5.91. The molecule has 3 N–H and O–H groups in total. The molecule has 0 aromatic carbocycles. The molecule has 1 aromatic heterocycles. The van der Waals surface area contributed by atoms with E-state index in [1.54, 1.807) is 10.7 Å². The van der Waals surface area contributed by atoms with Crippen molar-refractivity contribution >= 4 is 5.82 Å². The first-order valence-electron chi connectivity index (χ1n) is 3.21. The number of anilines is 1. The van der Waals surface area contributed by atoms with Crippen molar-refractivity contribution in [2.24, 2.45) is 0 Å². The van der Waals surface area contributed by atoms with Gasteiger partial charge in [0.15, 0.2) is 0 Å². The van der Waals surface area contributed by atoms with Crippen LogP contribution < -0.4 is 5.73 Å². The normalized spacial score (nSPS) is 10.2. The van der Waals surface area contributed by atoms with E-state index in [1.165, 1.54) is 0 Å². The Labute approximate surface area is 59.3 Å². The van der Waals surface area contributed by atoms with E-state index in [1.807, 2.05) is 6.92 Å². The third kappa shape index (κ3) is 1.11. The molecule has 56 valence electrons. The van der Waals surface area contributed by atoms with Crippen molar-refractivity contribution < 1.29 is 5.11 Å². The molecule has 0 aliphatic rings. The predicted octanol–water partition coefficient (Wildman–Crippen LogP) is -0.0225. The van der Waals surface area contributed by atoms with E-state index in [2.05, 4.69) is 5.10 Å². The van der Waals surface area contributed by atoms with Crippen LogP contribution in [0.1, 0.15) is 12.6 Å². The average Bonchev–Trinajstić information content (AvgIpc) is 2.30. The van der Waals surface area contributed by atoms with Gasteiger partial charge in [-0.15, -0.1) is 0 Å². The Hall–Kier alpha value is -1.03. The van der Waals surface area contributed by atoms with Crippen LogP contribution in [0.15, 0.2) is 6.07 Å². The smallest absolute Gasteiger partial charge is 0.121 e. The fraction of sp³-hybridized carbons (Fsp3) is 0.500. The van der Waals surface area contributed by atoms with Crippen LogP contribution in [0.2, 0.25) is 0 Å². The van der Waals surface area contributed by atoms with Gasteiger partial charge in [0.05, 0.1) is 12.3 Å². The molecule has 0 aliphatic carbocycles. The molecule has 1 aromatic rings. The van der Waals surface area contributed by atoms with E-state index in [4.69, 9.17) is 10.8 Å². The van der Waals surface area contributed by atoms with Gasteiger partial charge in [-0.05, 0) is 6.92 Å². The lowest BCUT2D eigenvalue weighted by molar-refractivity contribution is 0.275. The molecule has 4 nitrogen and oxygen atoms in total. The monoisotopic (exact) mass is 141 g/mol. The number of aliphatic hydroxyl groups excluding tert-OH is 1. The van der Waals surface area contributed by atoms with Crippen molar-refractivity contribution in [2.75, 3.05) is 5.73 Å². The second-order valence-corrected chi connectivity index (χ2v) is 2.03. The van der Waals surface area contributed by atoms with Crippen molar-refractivity contribution in [3.8, 4) is 0 Å². The molecule has 0 unspecified atom stereocenters. The molecule has 0 radical (unpaired) electrons. The van der Waals surface area contributed by atoms with E-state index >= 15 is 0 Å². The number of hydrogen-bond acceptors (Lipinski definition) is 3. The van der Waals surface area contributed by atoms with Gasteiger partial charge in [0.2, 0.25) is 0 Å². The molecule has 0 amide bonds. The summed E-state index contributed by atoms with van der Waals surface area (Å²) < 4.78 is 1.64. The zero-order valence-electron chi connectivity index (χ0n) is 5.91. The topological polar surface area (TPSA) is 64.1 Å². The van der Waals surface area contributed by atoms with Gasteiger partial charge in [-0.25, -0.2) is 0 Å². The first-order chi connectivity index (χ1) is 4.77. The Kier molecular flexibility index (Phi) is 1.91. The van der Waals surface area contributed by atoms with Gasteiger partial charge < -0.3 is 10.8 Å². The zero-order chi connectivity index (χ0) is 7.56. The van der Waals surface area contributed by atoms with Crippen LogP contribution in [0.3, 0.4) is 0 Å². The maximum absolute atomic E-state index is 8.64. The second kappa shape index (κ2) is 2.70. The molecule has 0 fully saturated rings. The molecule has 0 atom stereocenters. The molecular weight excluding hydrogens is 130 g/mol. The van der Waals surface area contributed by atoms with Crippen molar-refractivity contribution in [3.63, 3.8) is 0 Å². The maximum Gasteiger partial charge on any atom is 0.121 e. The molecule has 0 saturated carbocycles. The quantitative estimate of drug-likeness (QED) is 0.608. The highest BCUT2D eigenvalue weighted by Crippen LogP contribution is 2.04. The van der Waals surface area contributed by atoms with E-state index in [9.17, 15) is 0 Å². The summed E-state index contributed by atoms with van der Waals surface area (Å²) in [4.78, 5) is 0. The molecule has 1 rings (SSSR count). The van der Waals surface area contributed by atoms with Crippen LogP contribution in [0, 0.1) is 0 Å². The number of nitrogens with two attached hydrogens (primary N) is 1. The number of aryl methyl sites for hydroxylation is 1. The number of hydrogen-bond donors (Lipinski definition) is 2. The van der Waals surface area contributed by atoms with Crippen LogP contribution in [-0.2, 0) is 13.2 Å². The third-order valence-electron chi connectivity index (χ3n) is 1.32. The highest BCUT2D eigenvalue weighted by Gasteiger charge is 1.99. The minimum absolute atomic E-state index is 0.0444. The van der Waals surface area contributed by atoms with Crippen molar-refractivity contribution in [2.45, 2.75) is 20.1 Å². The highest BCUT2D eigenvalue weighted by atomic mass is 16.3. The summed E-state index contributed by atoms with van der Waals surface area (Å²) in [6.45, 7) is 2.65. The van der Waals surface area contributed by atoms with Gasteiger partial charge in [-0.1, -0.05) is 0 Å². The Balaban J connectivity index is 2.92. The third-order valence-corrected chi connectivity index (χ3v) is 1.32. The lowest BCUT2D eigenvalue weighted by Crippen LogP contribution is -2.01. The Morgan fingerprint density at radius 2 is 2.50 bits per heavy atom. The minimum Gasteiger partial charge on any atom is -0.390 e. The number of nitrogen functional groups attached to an aromatic ring is 1. The molecule has 1 heterocycles. The van der Waals surface area contributed by atoms with Gasteiger partial charge in [0, 0.05) is 12.6 Å². The lowest BCUT2D eigenvalue weighted by atomic mass is 10.4. The number of aliphatic hydroxyl groups is 1. The molecule has 4 heteroatoms. The van der Waals surface area contributed by atoms with Gasteiger partial charge in [-0.2, -0.15) is 5.10 Å². The Morgan fingerprint density at radius 3 is 2.80 bits per heavy atom. The Bertz CT molecular complexity index is 219. The van der Waals surface area contributed by atoms with E-state index < -0.39 is 0 Å². The van der Waals surface area contributed by atoms with Gasteiger partial charge in [0.1, 0.15) is 5.82 Å². The van der Waals surface area contributed by atoms with Crippen molar-refractivity contribution in [1.29, 1.82) is 0 Å². The van der Waals surface area contributed by atoms with Gasteiger partial charge in [-0.3, -0.25) is 4.68 Å². The standard InChI is InChI=1S/C6H11N3O/c1-2-9-6(7)3-5(4-10)8-9/h3,10H,2,4,7H2,1H3. The summed E-state index contributed by atoms with van der Waals surface area (Å²) in [5.74, 6) is 0.603. The number of aromatic nitrogens is 2. The summed E-state index contributed by atoms with van der Waals surface area (Å²) >= 11 is 0. The van der Waals surface area contributed by atoms with Crippen molar-refractivity contribution in [3.05, 3.63) is 11.8 Å². The summed E-state index contributed by atoms with van der Waals surface area (Å²) in [5.41, 5.74) is 6.14. The van der Waals surface area contributed by atoms with Gasteiger partial charge >= 0.3 is 0 Å². The fourth-order valence-electron chi connectivity index (χ4n) is 0.817. The molecular formula is C6H11N3O. The minimum atomic E-state index is -0.0444. The number of rotatable bonds is 2. The number of nitrogens with zero attached hydrogens (tertiary/aromatic N) is 2. The molecule has 0 spiro atoms. The first-order valence-corrected chi connectivity index (χ1v) is 3.21. The molecule has 0 bridgehead atoms. The summed E-state index contributed by atoms with van der Waals surface area (Å²) in [6.07, 6.45) is 0. The average molecular weight is 141 g/mol. The molecule has 10 heavy (non-hydrogen) atoms. The van der Waals surface area contributed by atoms with Crippen molar-refractivity contribution in [1.82, 2.24) is 9.78 Å². The molecule has 0 aliphatic heterocycles. The van der Waals surface area contributed by atoms with Crippen LogP contribution in [0.5, 0.6) is 0 Å². The summed E-state index contributed by atoms with van der Waals surface area (Å²) in [7, 11) is 0. The largest absolute Gasteiger partial charge is 0.390 e. The second-order valence-electron chi connectivity index (χ2n) is 2.03. The summed E-state index contributed by atoms with van der Waals surface area (Å²) in [5, 5.41) is 12.6. The maximum atomic E-state index is 8.64. The first kappa shape index (κ1) is 7.08. The fourth-order valence-corrected chi connectivity index (χ4v) is 0.817. The molecule has 0 saturated heterocycles. The predicted molar refractivity (Wildman–Crippen MR) is 38.2 cm³/mol. The lowest BCUT2D eigenvalue weighted by Gasteiger charge is -1.95. The van der Waals surface area contributed by atoms with E-state index in [0.29, 0.717) is 11.5 Å². The van der Waals surface area contributed by atoms with E-state index in [0.717, 1.165) is 6.54 Å². The van der Waals surface area contributed by atoms with Crippen LogP contribution in [0.4, 0.5) is 5.82 Å². The summed E-state index contributed by atoms with van der Waals surface area (Å²) in [6, 6.07) is 1.67. The Morgan fingerprint density at radius 1 is 1.80 bits per heavy atom. The van der Waals surface area contributed by atoms with Crippen LogP contribution in [0.25, 0.3) is 0 Å². The van der Waals surface area contributed by atoms with Crippen LogP contribution in [-0.4, -0.2) is 14.9 Å². The van der Waals surface area contributed by atoms with Crippen LogP contribution >= 0.6 is 0 Å². The van der Waals surface area contributed by atoms with E-state index in [-0.39, 0.29) is 6.61 Å². The van der Waals surface area contributed by atoms with Gasteiger partial charge in [0.25, 0.3) is 0 Å². The SMILES string of the molecule is CCn1nc(CO)cc1N. The highest BCUT2D eigenvalue weighted by molar-refractivity contribution is 5.30.